The van der Waals surface area contributed by atoms with E-state index in [1.807, 2.05) is 0 Å². The van der Waals surface area contributed by atoms with Gasteiger partial charge in [0.05, 0.1) is 7.11 Å². The number of nitrogens with zero attached hydrogens (tertiary/aromatic N) is 3. The number of halogens is 3. The van der Waals surface area contributed by atoms with Gasteiger partial charge in [-0.15, -0.1) is 0 Å². The van der Waals surface area contributed by atoms with Gasteiger partial charge >= 0.3 is 18.2 Å². The van der Waals surface area contributed by atoms with E-state index in [-0.39, 0.29) is 30.4 Å². The molecule has 2 amide bonds. The van der Waals surface area contributed by atoms with E-state index < -0.39 is 18.2 Å². The minimum atomic E-state index is -4.75. The van der Waals surface area contributed by atoms with Gasteiger partial charge in [-0.05, 0) is 12.1 Å². The Kier molecular flexibility index (Phi) is 7.10. The maximum Gasteiger partial charge on any atom is 0.471 e. The summed E-state index contributed by atoms with van der Waals surface area (Å²) in [5, 5.41) is 8.40. The Balaban J connectivity index is 1.56. The quantitative estimate of drug-likeness (QED) is 0.542. The van der Waals surface area contributed by atoms with Crippen molar-refractivity contribution >= 4 is 17.8 Å². The summed E-state index contributed by atoms with van der Waals surface area (Å²) in [5.74, 6) is -1.29. The molecule has 0 aliphatic carbocycles. The lowest BCUT2D eigenvalue weighted by Crippen LogP contribution is -2.24. The molecule has 2 heterocycles. The van der Waals surface area contributed by atoms with Gasteiger partial charge in [-0.2, -0.15) is 18.2 Å². The van der Waals surface area contributed by atoms with Crippen molar-refractivity contribution in [3.8, 4) is 17.1 Å². The van der Waals surface area contributed by atoms with Crippen LogP contribution in [-0.2, 0) is 28.9 Å². The molecule has 0 saturated heterocycles. The molecule has 0 saturated carbocycles. The average molecular weight is 465 g/mol. The number of nitrogens with one attached hydrogen (secondary N) is 2. The Morgan fingerprint density at radius 3 is 2.58 bits per heavy atom. The van der Waals surface area contributed by atoms with Crippen LogP contribution in [0.1, 0.15) is 23.9 Å². The number of carbonyl (C=O) groups is 2. The molecule has 0 atom stereocenters. The SMILES string of the molecule is COc1cc(-c2noc(C(F)(F)F)n2)ccc1CNC(=O)OCc1ccc(NC(C)=O)nc1. The standard InChI is InChI=1S/C20H18F3N5O5/c1-11(29)26-16-6-3-12(8-24-16)10-32-19(30)25-9-14-5-4-13(7-15(14)31-2)17-27-18(33-28-17)20(21,22)23/h3-8H,9-10H2,1-2H3,(H,25,30)(H,24,26,29). The first kappa shape index (κ1) is 23.5. The van der Waals surface area contributed by atoms with Crippen molar-refractivity contribution in [1.82, 2.24) is 20.4 Å². The maximum atomic E-state index is 12.6. The smallest absolute Gasteiger partial charge is 0.471 e. The molecule has 0 unspecified atom stereocenters. The predicted molar refractivity (Wildman–Crippen MR) is 107 cm³/mol. The third-order valence-corrected chi connectivity index (χ3v) is 4.14. The Morgan fingerprint density at radius 1 is 1.18 bits per heavy atom. The number of hydrogen-bond acceptors (Lipinski definition) is 8. The van der Waals surface area contributed by atoms with Gasteiger partial charge in [-0.25, -0.2) is 9.78 Å². The number of pyridine rings is 1. The topological polar surface area (TPSA) is 128 Å². The number of carbonyl (C=O) groups excluding carboxylic acids is 2. The summed E-state index contributed by atoms with van der Waals surface area (Å²) in [5.41, 5.74) is 1.39. The van der Waals surface area contributed by atoms with Crippen LogP contribution in [0.5, 0.6) is 5.75 Å². The third kappa shape index (κ3) is 6.41. The monoisotopic (exact) mass is 465 g/mol. The zero-order valence-corrected chi connectivity index (χ0v) is 17.4. The summed E-state index contributed by atoms with van der Waals surface area (Å²) in [6, 6.07) is 7.66. The van der Waals surface area contributed by atoms with Gasteiger partial charge in [0.15, 0.2) is 0 Å². The van der Waals surface area contributed by atoms with Gasteiger partial charge in [0, 0.05) is 36.4 Å². The normalized spacial score (nSPS) is 11.1. The molecule has 0 bridgehead atoms. The fourth-order valence-corrected chi connectivity index (χ4v) is 2.62. The van der Waals surface area contributed by atoms with Crippen molar-refractivity contribution in [2.45, 2.75) is 26.3 Å². The molecule has 0 aliphatic heterocycles. The van der Waals surface area contributed by atoms with Crippen molar-refractivity contribution in [3.63, 3.8) is 0 Å². The summed E-state index contributed by atoms with van der Waals surface area (Å²) in [4.78, 5) is 30.3. The Bertz CT molecular complexity index is 1130. The molecule has 174 valence electrons. The first-order chi connectivity index (χ1) is 15.7. The molecule has 10 nitrogen and oxygen atoms in total. The van der Waals surface area contributed by atoms with E-state index in [2.05, 4.69) is 30.3 Å². The van der Waals surface area contributed by atoms with Gasteiger partial charge < -0.3 is 24.6 Å². The molecule has 13 heteroatoms. The van der Waals surface area contributed by atoms with E-state index in [0.29, 0.717) is 22.7 Å². The van der Waals surface area contributed by atoms with Gasteiger partial charge in [-0.3, -0.25) is 4.79 Å². The fourth-order valence-electron chi connectivity index (χ4n) is 2.62. The molecule has 33 heavy (non-hydrogen) atoms. The van der Waals surface area contributed by atoms with Crippen molar-refractivity contribution in [3.05, 3.63) is 53.5 Å². The number of methoxy groups -OCH3 is 1. The van der Waals surface area contributed by atoms with E-state index in [4.69, 9.17) is 9.47 Å². The molecule has 0 spiro atoms. The van der Waals surface area contributed by atoms with Crippen molar-refractivity contribution < 1.29 is 36.8 Å². The second kappa shape index (κ2) is 9.97. The lowest BCUT2D eigenvalue weighted by atomic mass is 10.1. The van der Waals surface area contributed by atoms with Crippen molar-refractivity contribution in [1.29, 1.82) is 0 Å². The molecule has 3 rings (SSSR count). The molecular weight excluding hydrogens is 447 g/mol. The van der Waals surface area contributed by atoms with Gasteiger partial charge in [0.2, 0.25) is 11.7 Å². The molecule has 0 radical (unpaired) electrons. The molecule has 0 fully saturated rings. The zero-order chi connectivity index (χ0) is 24.0. The predicted octanol–water partition coefficient (Wildman–Crippen LogP) is 3.54. The molecule has 3 aromatic rings. The summed E-state index contributed by atoms with van der Waals surface area (Å²) < 4.78 is 52.5. The second-order valence-electron chi connectivity index (χ2n) is 6.61. The lowest BCUT2D eigenvalue weighted by molar-refractivity contribution is -0.159. The van der Waals surface area contributed by atoms with E-state index >= 15 is 0 Å². The first-order valence-corrected chi connectivity index (χ1v) is 9.37. The summed E-state index contributed by atoms with van der Waals surface area (Å²) in [7, 11) is 1.37. The second-order valence-corrected chi connectivity index (χ2v) is 6.61. The molecule has 1 aromatic carbocycles. The largest absolute Gasteiger partial charge is 0.496 e. The number of rotatable bonds is 7. The van der Waals surface area contributed by atoms with E-state index in [1.54, 1.807) is 18.2 Å². The number of benzene rings is 1. The number of hydrogen-bond donors (Lipinski definition) is 2. The highest BCUT2D eigenvalue weighted by Crippen LogP contribution is 2.31. The highest BCUT2D eigenvalue weighted by atomic mass is 19.4. The van der Waals surface area contributed by atoms with Crippen LogP contribution in [0.2, 0.25) is 0 Å². The van der Waals surface area contributed by atoms with Crippen LogP contribution in [0.15, 0.2) is 41.1 Å². The van der Waals surface area contributed by atoms with E-state index in [9.17, 15) is 22.8 Å². The molecule has 0 aliphatic rings. The average Bonchev–Trinajstić information content (AvgIpc) is 3.28. The maximum absolute atomic E-state index is 12.6. The third-order valence-electron chi connectivity index (χ3n) is 4.14. The van der Waals surface area contributed by atoms with Crippen LogP contribution in [-0.4, -0.2) is 34.2 Å². The fraction of sp³-hybridized carbons (Fsp3) is 0.250. The summed E-state index contributed by atoms with van der Waals surface area (Å²) in [6.45, 7) is 1.34. The van der Waals surface area contributed by atoms with Crippen LogP contribution in [0.25, 0.3) is 11.4 Å². The van der Waals surface area contributed by atoms with Crippen LogP contribution in [0.3, 0.4) is 0 Å². The number of amides is 2. The minimum absolute atomic E-state index is 0.0298. The summed E-state index contributed by atoms with van der Waals surface area (Å²) >= 11 is 0. The summed E-state index contributed by atoms with van der Waals surface area (Å²) in [6.07, 6.45) is -3.99. The highest BCUT2D eigenvalue weighted by molar-refractivity contribution is 5.87. The van der Waals surface area contributed by atoms with Crippen LogP contribution < -0.4 is 15.4 Å². The first-order valence-electron chi connectivity index (χ1n) is 9.37. The lowest BCUT2D eigenvalue weighted by Gasteiger charge is -2.11. The number of alkyl carbamates (subject to hydrolysis) is 1. The van der Waals surface area contributed by atoms with Crippen LogP contribution in [0.4, 0.5) is 23.8 Å². The van der Waals surface area contributed by atoms with E-state index in [0.717, 1.165) is 0 Å². The number of aromatic nitrogens is 3. The van der Waals surface area contributed by atoms with Crippen LogP contribution in [0, 0.1) is 0 Å². The number of ether oxygens (including phenoxy) is 2. The van der Waals surface area contributed by atoms with Gasteiger partial charge in [-0.1, -0.05) is 23.4 Å². The highest BCUT2D eigenvalue weighted by Gasteiger charge is 2.38. The number of anilines is 1. The molecule has 2 N–H and O–H groups in total. The van der Waals surface area contributed by atoms with E-state index in [1.165, 1.54) is 32.4 Å². The molecule has 2 aromatic heterocycles. The minimum Gasteiger partial charge on any atom is -0.496 e. The van der Waals surface area contributed by atoms with Crippen molar-refractivity contribution in [2.75, 3.05) is 12.4 Å². The van der Waals surface area contributed by atoms with Gasteiger partial charge in [0.1, 0.15) is 18.2 Å². The Morgan fingerprint density at radius 2 is 1.97 bits per heavy atom. The molecular formula is C20H18F3N5O5. The zero-order valence-electron chi connectivity index (χ0n) is 17.4. The van der Waals surface area contributed by atoms with Crippen molar-refractivity contribution in [2.24, 2.45) is 0 Å². The number of alkyl halides is 3. The van der Waals surface area contributed by atoms with Crippen LogP contribution >= 0.6 is 0 Å². The van der Waals surface area contributed by atoms with Gasteiger partial charge in [0.25, 0.3) is 0 Å². The Labute approximate surface area is 185 Å². The Hall–Kier alpha value is -4.16.